The quantitative estimate of drug-likeness (QED) is 0.822. The van der Waals surface area contributed by atoms with Crippen molar-refractivity contribution in [3.05, 3.63) is 60.2 Å². The van der Waals surface area contributed by atoms with Gasteiger partial charge >= 0.3 is 0 Å². The van der Waals surface area contributed by atoms with Crippen LogP contribution in [-0.4, -0.2) is 24.5 Å². The van der Waals surface area contributed by atoms with Gasteiger partial charge in [0, 0.05) is 0 Å². The predicted molar refractivity (Wildman–Crippen MR) is 94.0 cm³/mol. The molecule has 2 amide bonds. The number of carbonyl (C=O) groups excluding carboxylic acids is 2. The maximum atomic E-state index is 12.0. The van der Waals surface area contributed by atoms with Crippen molar-refractivity contribution in [1.29, 1.82) is 0 Å². The van der Waals surface area contributed by atoms with E-state index >= 15 is 0 Å². The molecule has 2 aromatic carbocycles. The lowest BCUT2D eigenvalue weighted by Gasteiger charge is -2.15. The lowest BCUT2D eigenvalue weighted by Crippen LogP contribution is -2.33. The summed E-state index contributed by atoms with van der Waals surface area (Å²) >= 11 is 0. The maximum Gasteiger partial charge on any atom is 0.243 e. The van der Waals surface area contributed by atoms with E-state index in [9.17, 15) is 9.59 Å². The van der Waals surface area contributed by atoms with Gasteiger partial charge in [0.05, 0.1) is 24.8 Å². The van der Waals surface area contributed by atoms with Gasteiger partial charge in [-0.2, -0.15) is 0 Å². The summed E-state index contributed by atoms with van der Waals surface area (Å²) < 4.78 is 5.65. The van der Waals surface area contributed by atoms with Crippen LogP contribution < -0.4 is 15.4 Å². The molecule has 0 spiro atoms. The highest BCUT2D eigenvalue weighted by atomic mass is 16.5. The molecule has 5 nitrogen and oxygen atoms in total. The number of amides is 2. The molecule has 5 heteroatoms. The van der Waals surface area contributed by atoms with Crippen LogP contribution in [0.3, 0.4) is 0 Å². The third kappa shape index (κ3) is 5.76. The van der Waals surface area contributed by atoms with Crippen molar-refractivity contribution in [3.63, 3.8) is 0 Å². The number of para-hydroxylation sites is 2. The highest BCUT2D eigenvalue weighted by molar-refractivity contribution is 5.95. The highest BCUT2D eigenvalue weighted by Gasteiger charge is 2.10. The van der Waals surface area contributed by atoms with Crippen LogP contribution in [0.4, 0.5) is 5.69 Å². The molecule has 126 valence electrons. The van der Waals surface area contributed by atoms with E-state index in [1.54, 1.807) is 12.1 Å². The van der Waals surface area contributed by atoms with Crippen molar-refractivity contribution in [1.82, 2.24) is 5.32 Å². The fourth-order valence-electron chi connectivity index (χ4n) is 2.14. The number of rotatable bonds is 7. The first-order valence-corrected chi connectivity index (χ1v) is 7.91. The number of hydrogen-bond donors (Lipinski definition) is 2. The second kappa shape index (κ2) is 8.72. The summed E-state index contributed by atoms with van der Waals surface area (Å²) in [5, 5.41) is 5.38. The van der Waals surface area contributed by atoms with Crippen LogP contribution >= 0.6 is 0 Å². The summed E-state index contributed by atoms with van der Waals surface area (Å²) in [6.45, 7) is 3.76. The van der Waals surface area contributed by atoms with Crippen molar-refractivity contribution in [2.24, 2.45) is 0 Å². The van der Waals surface area contributed by atoms with E-state index in [0.29, 0.717) is 11.4 Å². The molecule has 2 aromatic rings. The lowest BCUT2D eigenvalue weighted by molar-refractivity contribution is -0.123. The number of carbonyl (C=O) groups is 2. The largest absolute Gasteiger partial charge is 0.489 e. The average Bonchev–Trinajstić information content (AvgIpc) is 2.55. The van der Waals surface area contributed by atoms with Gasteiger partial charge < -0.3 is 15.4 Å². The Labute approximate surface area is 142 Å². The molecule has 2 N–H and O–H groups in total. The number of benzene rings is 2. The number of anilines is 1. The Bertz CT molecular complexity index is 684. The predicted octanol–water partition coefficient (Wildman–Crippen LogP) is 2.77. The molecule has 0 saturated heterocycles. The Kier molecular flexibility index (Phi) is 6.37. The fourth-order valence-corrected chi connectivity index (χ4v) is 2.14. The zero-order valence-corrected chi connectivity index (χ0v) is 13.9. The Morgan fingerprint density at radius 2 is 1.62 bits per heavy atom. The van der Waals surface area contributed by atoms with Crippen LogP contribution in [0.25, 0.3) is 0 Å². The minimum atomic E-state index is -0.295. The van der Waals surface area contributed by atoms with E-state index in [2.05, 4.69) is 10.6 Å². The fraction of sp³-hybridized carbons (Fsp3) is 0.263. The molecule has 24 heavy (non-hydrogen) atoms. The Morgan fingerprint density at radius 1 is 0.958 bits per heavy atom. The number of ether oxygens (including phenoxy) is 1. The van der Waals surface area contributed by atoms with E-state index in [4.69, 9.17) is 4.74 Å². The molecule has 0 aliphatic heterocycles. The van der Waals surface area contributed by atoms with Crippen LogP contribution in [0, 0.1) is 0 Å². The van der Waals surface area contributed by atoms with Crippen molar-refractivity contribution in [3.8, 4) is 5.75 Å². The molecule has 0 heterocycles. The third-order valence-electron chi connectivity index (χ3n) is 3.18. The lowest BCUT2D eigenvalue weighted by atomic mass is 10.1. The summed E-state index contributed by atoms with van der Waals surface area (Å²) in [6.07, 6.45) is 0.259. The van der Waals surface area contributed by atoms with Gasteiger partial charge in [-0.1, -0.05) is 42.5 Å². The molecule has 0 unspecified atom stereocenters. The van der Waals surface area contributed by atoms with Gasteiger partial charge in [-0.05, 0) is 31.5 Å². The molecule has 0 radical (unpaired) electrons. The van der Waals surface area contributed by atoms with Crippen LogP contribution in [0.5, 0.6) is 5.75 Å². The molecule has 2 rings (SSSR count). The molecule has 0 aliphatic rings. The Morgan fingerprint density at radius 3 is 2.33 bits per heavy atom. The first-order valence-electron chi connectivity index (χ1n) is 7.91. The third-order valence-corrected chi connectivity index (χ3v) is 3.18. The minimum Gasteiger partial charge on any atom is -0.489 e. The molecule has 0 bridgehead atoms. The van der Waals surface area contributed by atoms with Crippen LogP contribution in [0.15, 0.2) is 54.6 Å². The molecule has 0 aliphatic carbocycles. The molecule has 0 saturated carbocycles. The number of nitrogens with one attached hydrogen (secondary N) is 2. The molecule has 0 atom stereocenters. The standard InChI is InChI=1S/C19H22N2O3/c1-14(2)24-17-11-7-6-10-16(17)21-19(23)13-20-18(22)12-15-8-4-3-5-9-15/h3-11,14H,12-13H2,1-2H3,(H,20,22)(H,21,23). The second-order valence-electron chi connectivity index (χ2n) is 5.65. The zero-order chi connectivity index (χ0) is 17.4. The molecule has 0 fully saturated rings. The Hall–Kier alpha value is -2.82. The SMILES string of the molecule is CC(C)Oc1ccccc1NC(=O)CNC(=O)Cc1ccccc1. The summed E-state index contributed by atoms with van der Waals surface area (Å²) in [6, 6.07) is 16.6. The van der Waals surface area contributed by atoms with Crippen molar-refractivity contribution in [2.45, 2.75) is 26.4 Å². The topological polar surface area (TPSA) is 67.4 Å². The maximum absolute atomic E-state index is 12.0. The summed E-state index contributed by atoms with van der Waals surface area (Å²) in [5.41, 5.74) is 1.50. The monoisotopic (exact) mass is 326 g/mol. The van der Waals surface area contributed by atoms with Gasteiger partial charge in [0.15, 0.2) is 0 Å². The van der Waals surface area contributed by atoms with Gasteiger partial charge in [-0.15, -0.1) is 0 Å². The van der Waals surface area contributed by atoms with Gasteiger partial charge in [0.2, 0.25) is 11.8 Å². The van der Waals surface area contributed by atoms with Gasteiger partial charge in [-0.25, -0.2) is 0 Å². The first kappa shape index (κ1) is 17.5. The Balaban J connectivity index is 1.84. The van der Waals surface area contributed by atoms with Crippen molar-refractivity contribution >= 4 is 17.5 Å². The summed E-state index contributed by atoms with van der Waals surface area (Å²) in [7, 11) is 0. The summed E-state index contributed by atoms with van der Waals surface area (Å²) in [4.78, 5) is 23.9. The smallest absolute Gasteiger partial charge is 0.243 e. The van der Waals surface area contributed by atoms with E-state index < -0.39 is 0 Å². The van der Waals surface area contributed by atoms with Crippen molar-refractivity contribution < 1.29 is 14.3 Å². The van der Waals surface area contributed by atoms with Crippen LogP contribution in [0.1, 0.15) is 19.4 Å². The van der Waals surface area contributed by atoms with E-state index in [-0.39, 0.29) is 30.9 Å². The second-order valence-corrected chi connectivity index (χ2v) is 5.65. The van der Waals surface area contributed by atoms with Gasteiger partial charge in [0.25, 0.3) is 0 Å². The van der Waals surface area contributed by atoms with E-state index in [0.717, 1.165) is 5.56 Å². The van der Waals surface area contributed by atoms with Crippen molar-refractivity contribution in [2.75, 3.05) is 11.9 Å². The zero-order valence-electron chi connectivity index (χ0n) is 13.9. The van der Waals surface area contributed by atoms with E-state index in [1.807, 2.05) is 56.3 Å². The van der Waals surface area contributed by atoms with E-state index in [1.165, 1.54) is 0 Å². The van der Waals surface area contributed by atoms with Crippen LogP contribution in [0.2, 0.25) is 0 Å². The van der Waals surface area contributed by atoms with Gasteiger partial charge in [0.1, 0.15) is 5.75 Å². The molecular formula is C19H22N2O3. The number of hydrogen-bond acceptors (Lipinski definition) is 3. The van der Waals surface area contributed by atoms with Gasteiger partial charge in [-0.3, -0.25) is 9.59 Å². The van der Waals surface area contributed by atoms with Crippen LogP contribution in [-0.2, 0) is 16.0 Å². The molecule has 0 aromatic heterocycles. The molecular weight excluding hydrogens is 304 g/mol. The first-order chi connectivity index (χ1) is 11.5. The minimum absolute atomic E-state index is 0.00799. The summed E-state index contributed by atoms with van der Waals surface area (Å²) in [5.74, 6) is 0.121. The normalized spacial score (nSPS) is 10.3. The average molecular weight is 326 g/mol. The highest BCUT2D eigenvalue weighted by Crippen LogP contribution is 2.24.